The van der Waals surface area contributed by atoms with Crippen LogP contribution < -0.4 is 4.90 Å². The van der Waals surface area contributed by atoms with Crippen molar-refractivity contribution >= 4 is 23.0 Å². The van der Waals surface area contributed by atoms with Crippen LogP contribution in [0, 0.1) is 6.92 Å². The number of benzene rings is 1. The van der Waals surface area contributed by atoms with Gasteiger partial charge in [0.2, 0.25) is 0 Å². The average Bonchev–Trinajstić information content (AvgIpc) is 2.10. The summed E-state index contributed by atoms with van der Waals surface area (Å²) in [5, 5.41) is 0. The molecule has 0 spiro atoms. The van der Waals surface area contributed by atoms with Crippen molar-refractivity contribution in [2.24, 2.45) is 0 Å². The highest BCUT2D eigenvalue weighted by atomic mass is 27.0. The third-order valence-corrected chi connectivity index (χ3v) is 2.16. The molecule has 0 bridgehead atoms. The van der Waals surface area contributed by atoms with Gasteiger partial charge in [-0.3, -0.25) is 0 Å². The van der Waals surface area contributed by atoms with Gasteiger partial charge in [-0.15, -0.1) is 0 Å². The molecule has 0 saturated heterocycles. The maximum Gasteiger partial charge on any atom is 0.187 e. The molecule has 1 nitrogen and oxygen atoms in total. The number of hydrogen-bond acceptors (Lipinski definition) is 1. The van der Waals surface area contributed by atoms with Gasteiger partial charge in [-0.2, -0.15) is 0 Å². The van der Waals surface area contributed by atoms with Crippen molar-refractivity contribution in [3.05, 3.63) is 29.8 Å². The van der Waals surface area contributed by atoms with E-state index in [2.05, 4.69) is 49.9 Å². The van der Waals surface area contributed by atoms with Gasteiger partial charge in [0, 0.05) is 18.8 Å². The first kappa shape index (κ1) is 12.6. The average molecular weight is 193 g/mol. The summed E-state index contributed by atoms with van der Waals surface area (Å²) in [7, 11) is 0. The predicted octanol–water partition coefficient (Wildman–Crippen LogP) is 1.66. The van der Waals surface area contributed by atoms with Crippen molar-refractivity contribution in [3.63, 3.8) is 0 Å². The van der Waals surface area contributed by atoms with Gasteiger partial charge in [0.15, 0.2) is 17.4 Å². The van der Waals surface area contributed by atoms with E-state index >= 15 is 0 Å². The van der Waals surface area contributed by atoms with Crippen LogP contribution >= 0.6 is 0 Å². The maximum atomic E-state index is 2.35. The van der Waals surface area contributed by atoms with Crippen molar-refractivity contribution in [3.8, 4) is 0 Å². The Labute approximate surface area is 91.9 Å². The summed E-state index contributed by atoms with van der Waals surface area (Å²) < 4.78 is 0. The first-order chi connectivity index (χ1) is 5.77. The van der Waals surface area contributed by atoms with Crippen LogP contribution in [0.5, 0.6) is 0 Å². The highest BCUT2D eigenvalue weighted by Crippen LogP contribution is 2.13. The Bertz CT molecular complexity index is 226. The Hall–Kier alpha value is -0.448. The van der Waals surface area contributed by atoms with E-state index in [0.29, 0.717) is 0 Å². The topological polar surface area (TPSA) is 3.24 Å². The summed E-state index contributed by atoms with van der Waals surface area (Å²) in [5.41, 5.74) is 2.65. The van der Waals surface area contributed by atoms with Crippen molar-refractivity contribution in [2.75, 3.05) is 18.0 Å². The molecule has 0 N–H and O–H groups in total. The second-order valence-corrected chi connectivity index (χ2v) is 3.01. The van der Waals surface area contributed by atoms with Crippen molar-refractivity contribution < 1.29 is 0 Å². The van der Waals surface area contributed by atoms with E-state index in [1.54, 1.807) is 0 Å². The molecule has 0 amide bonds. The molecule has 0 aromatic heterocycles. The van der Waals surface area contributed by atoms with E-state index in [0.717, 1.165) is 13.1 Å². The molecule has 1 aromatic carbocycles. The number of hydrogen-bond donors (Lipinski definition) is 0. The summed E-state index contributed by atoms with van der Waals surface area (Å²) in [5.74, 6) is 0. The van der Waals surface area contributed by atoms with Crippen LogP contribution in [0.3, 0.4) is 0 Å². The predicted molar refractivity (Wildman–Crippen MR) is 64.7 cm³/mol. The fourth-order valence-corrected chi connectivity index (χ4v) is 1.34. The van der Waals surface area contributed by atoms with Crippen LogP contribution in [0.2, 0.25) is 0 Å². The molecule has 72 valence electrons. The number of rotatable bonds is 3. The fourth-order valence-electron chi connectivity index (χ4n) is 1.34. The monoisotopic (exact) mass is 193 g/mol. The third-order valence-electron chi connectivity index (χ3n) is 2.16. The highest BCUT2D eigenvalue weighted by molar-refractivity contribution is 5.75. The zero-order chi connectivity index (χ0) is 8.97. The lowest BCUT2D eigenvalue weighted by Crippen LogP contribution is -2.21. The smallest absolute Gasteiger partial charge is 0.187 e. The van der Waals surface area contributed by atoms with Crippen LogP contribution in [0.15, 0.2) is 24.3 Å². The number of nitrogens with zero attached hydrogens (tertiary/aromatic N) is 1. The van der Waals surface area contributed by atoms with Gasteiger partial charge in [0.1, 0.15) is 0 Å². The summed E-state index contributed by atoms with van der Waals surface area (Å²) in [6, 6.07) is 8.69. The molecule has 1 aromatic rings. The summed E-state index contributed by atoms with van der Waals surface area (Å²) >= 11 is 0. The Balaban J connectivity index is 0.00000144. The lowest BCUT2D eigenvalue weighted by atomic mass is 10.2. The molecule has 1 rings (SSSR count). The minimum Gasteiger partial charge on any atom is -0.372 e. The third kappa shape index (κ3) is 3.42. The largest absolute Gasteiger partial charge is 0.372 e. The molecule has 0 heterocycles. The van der Waals surface area contributed by atoms with Crippen molar-refractivity contribution in [1.82, 2.24) is 0 Å². The Kier molecular flexibility index (Phi) is 5.87. The first-order valence-corrected chi connectivity index (χ1v) is 4.59. The number of aryl methyl sites for hydroxylation is 1. The zero-order valence-corrected chi connectivity index (χ0v) is 8.17. The van der Waals surface area contributed by atoms with Crippen molar-refractivity contribution in [1.29, 1.82) is 0 Å². The molecule has 0 radical (unpaired) electrons. The van der Waals surface area contributed by atoms with E-state index in [9.17, 15) is 0 Å². The molecule has 2 heteroatoms. The minimum atomic E-state index is 0. The molecule has 0 saturated carbocycles. The highest BCUT2D eigenvalue weighted by Gasteiger charge is 1.98. The van der Waals surface area contributed by atoms with E-state index < -0.39 is 0 Å². The fraction of sp³-hybridized carbons (Fsp3) is 0.455. The lowest BCUT2D eigenvalue weighted by Gasteiger charge is -2.20. The van der Waals surface area contributed by atoms with Gasteiger partial charge < -0.3 is 4.90 Å². The van der Waals surface area contributed by atoms with Crippen LogP contribution in [0.25, 0.3) is 0 Å². The van der Waals surface area contributed by atoms with Crippen LogP contribution in [-0.2, 0) is 0 Å². The molecular weight excluding hydrogens is 173 g/mol. The molecule has 0 aliphatic carbocycles. The van der Waals surface area contributed by atoms with Crippen LogP contribution in [0.1, 0.15) is 19.4 Å². The summed E-state index contributed by atoms with van der Waals surface area (Å²) in [6.07, 6.45) is 0. The van der Waals surface area contributed by atoms with E-state index in [4.69, 9.17) is 0 Å². The normalized spacial score (nSPS) is 9.15. The van der Waals surface area contributed by atoms with Gasteiger partial charge in [0.05, 0.1) is 0 Å². The van der Waals surface area contributed by atoms with Crippen LogP contribution in [-0.4, -0.2) is 30.5 Å². The molecule has 0 fully saturated rings. The van der Waals surface area contributed by atoms with E-state index in [1.807, 2.05) is 0 Å². The second-order valence-electron chi connectivity index (χ2n) is 3.01. The molecule has 0 atom stereocenters. The second kappa shape index (κ2) is 6.07. The standard InChI is InChI=1S/C11H17N.Al.3H/c1-4-12(5-2)11-8-6-10(3)7-9-11;;;;/h6-9H,4-5H2,1-3H3;;;;. The maximum absolute atomic E-state index is 2.35. The van der Waals surface area contributed by atoms with Gasteiger partial charge >= 0.3 is 0 Å². The van der Waals surface area contributed by atoms with Gasteiger partial charge in [-0.05, 0) is 32.9 Å². The molecule has 13 heavy (non-hydrogen) atoms. The Morgan fingerprint density at radius 3 is 1.85 bits per heavy atom. The molecular formula is C11H20AlN. The SMILES string of the molecule is CCN(CC)c1ccc(C)cc1.[AlH3]. The summed E-state index contributed by atoms with van der Waals surface area (Å²) in [4.78, 5) is 2.35. The minimum absolute atomic E-state index is 0. The zero-order valence-electron chi connectivity index (χ0n) is 8.17. The first-order valence-electron chi connectivity index (χ1n) is 4.59. The van der Waals surface area contributed by atoms with Gasteiger partial charge in [-0.1, -0.05) is 17.7 Å². The number of anilines is 1. The Morgan fingerprint density at radius 1 is 1.00 bits per heavy atom. The quantitative estimate of drug-likeness (QED) is 0.660. The lowest BCUT2D eigenvalue weighted by molar-refractivity contribution is 0.866. The van der Waals surface area contributed by atoms with Crippen LogP contribution in [0.4, 0.5) is 5.69 Å². The van der Waals surface area contributed by atoms with E-state index in [1.165, 1.54) is 11.3 Å². The molecule has 0 aliphatic heterocycles. The Morgan fingerprint density at radius 2 is 1.46 bits per heavy atom. The van der Waals surface area contributed by atoms with Gasteiger partial charge in [-0.25, -0.2) is 0 Å². The van der Waals surface area contributed by atoms with E-state index in [-0.39, 0.29) is 17.4 Å². The summed E-state index contributed by atoms with van der Waals surface area (Å²) in [6.45, 7) is 8.65. The molecule has 0 unspecified atom stereocenters. The molecule has 0 aliphatic rings. The van der Waals surface area contributed by atoms with Crippen molar-refractivity contribution in [2.45, 2.75) is 20.8 Å². The van der Waals surface area contributed by atoms with Gasteiger partial charge in [0.25, 0.3) is 0 Å².